The van der Waals surface area contributed by atoms with Crippen LogP contribution in [-0.4, -0.2) is 40.5 Å². The molecule has 0 atom stereocenters. The molecule has 0 radical (unpaired) electrons. The van der Waals surface area contributed by atoms with Gasteiger partial charge in [0.05, 0.1) is 0 Å². The van der Waals surface area contributed by atoms with Gasteiger partial charge >= 0.3 is 0 Å². The maximum Gasteiger partial charge on any atom is 0.270 e. The van der Waals surface area contributed by atoms with Crippen LogP contribution in [0.5, 0.6) is 0 Å². The molecule has 2 aromatic heterocycles. The average Bonchev–Trinajstić information content (AvgIpc) is 2.68. The molecule has 1 fully saturated rings. The van der Waals surface area contributed by atoms with Crippen LogP contribution < -0.4 is 10.2 Å². The zero-order chi connectivity index (χ0) is 17.5. The Morgan fingerprint density at radius 1 is 1.16 bits per heavy atom. The molecule has 6 nitrogen and oxygen atoms in total. The Morgan fingerprint density at radius 2 is 1.92 bits per heavy atom. The van der Waals surface area contributed by atoms with Crippen LogP contribution in [0.4, 0.5) is 5.95 Å². The smallest absolute Gasteiger partial charge is 0.270 e. The first-order chi connectivity index (χ1) is 12.2. The van der Waals surface area contributed by atoms with E-state index in [0.717, 1.165) is 25.8 Å². The summed E-state index contributed by atoms with van der Waals surface area (Å²) < 4.78 is 0. The highest BCUT2D eigenvalue weighted by Crippen LogP contribution is 2.18. The molecule has 1 aliphatic rings. The Morgan fingerprint density at radius 3 is 2.68 bits per heavy atom. The van der Waals surface area contributed by atoms with Crippen molar-refractivity contribution in [2.24, 2.45) is 0 Å². The number of anilines is 1. The molecule has 0 spiro atoms. The highest BCUT2D eigenvalue weighted by Gasteiger charge is 2.18. The third kappa shape index (κ3) is 4.98. The number of aromatic nitrogens is 3. The minimum absolute atomic E-state index is 0.0990. The van der Waals surface area contributed by atoms with Crippen molar-refractivity contribution >= 4 is 11.9 Å². The summed E-state index contributed by atoms with van der Waals surface area (Å²) in [4.78, 5) is 27.2. The van der Waals surface area contributed by atoms with E-state index in [2.05, 4.69) is 20.3 Å². The SMILES string of the molecule is CN(CCc1ccncc1)c1nccc(C(=O)NC2CCCCC2)n1. The van der Waals surface area contributed by atoms with Crippen molar-refractivity contribution in [3.63, 3.8) is 0 Å². The van der Waals surface area contributed by atoms with Gasteiger partial charge in [0.15, 0.2) is 0 Å². The number of carbonyl (C=O) groups excluding carboxylic acids is 1. The van der Waals surface area contributed by atoms with Crippen molar-refractivity contribution in [2.45, 2.75) is 44.6 Å². The van der Waals surface area contributed by atoms with Crippen LogP contribution in [0.2, 0.25) is 0 Å². The van der Waals surface area contributed by atoms with Gasteiger partial charge in [-0.25, -0.2) is 9.97 Å². The van der Waals surface area contributed by atoms with E-state index < -0.39 is 0 Å². The van der Waals surface area contributed by atoms with Gasteiger partial charge in [0.2, 0.25) is 5.95 Å². The molecule has 1 saturated carbocycles. The van der Waals surface area contributed by atoms with E-state index in [-0.39, 0.29) is 11.9 Å². The van der Waals surface area contributed by atoms with Crippen LogP contribution in [0.1, 0.15) is 48.2 Å². The molecule has 1 aliphatic carbocycles. The third-order valence-electron chi connectivity index (χ3n) is 4.64. The largest absolute Gasteiger partial charge is 0.348 e. The summed E-state index contributed by atoms with van der Waals surface area (Å²) >= 11 is 0. The Bertz CT molecular complexity index is 685. The van der Waals surface area contributed by atoms with Crippen LogP contribution in [0.15, 0.2) is 36.8 Å². The molecule has 0 bridgehead atoms. The topological polar surface area (TPSA) is 71.0 Å². The Hall–Kier alpha value is -2.50. The summed E-state index contributed by atoms with van der Waals surface area (Å²) in [6, 6.07) is 5.97. The maximum atomic E-state index is 12.4. The second-order valence-corrected chi connectivity index (χ2v) is 6.58. The predicted molar refractivity (Wildman–Crippen MR) is 97.6 cm³/mol. The van der Waals surface area contributed by atoms with Crippen molar-refractivity contribution < 1.29 is 4.79 Å². The first-order valence-corrected chi connectivity index (χ1v) is 8.96. The van der Waals surface area contributed by atoms with Crippen LogP contribution >= 0.6 is 0 Å². The summed E-state index contributed by atoms with van der Waals surface area (Å²) in [6.07, 6.45) is 11.9. The highest BCUT2D eigenvalue weighted by molar-refractivity contribution is 5.92. The summed E-state index contributed by atoms with van der Waals surface area (Å²) in [6.45, 7) is 0.776. The highest BCUT2D eigenvalue weighted by atomic mass is 16.1. The second kappa shape index (κ2) is 8.55. The van der Waals surface area contributed by atoms with Crippen LogP contribution in [0, 0.1) is 0 Å². The molecule has 0 unspecified atom stereocenters. The summed E-state index contributed by atoms with van der Waals surface area (Å²) in [5.74, 6) is 0.475. The fourth-order valence-electron chi connectivity index (χ4n) is 3.11. The van der Waals surface area contributed by atoms with Gasteiger partial charge in [0.25, 0.3) is 5.91 Å². The van der Waals surface area contributed by atoms with Crippen molar-refractivity contribution in [1.82, 2.24) is 20.3 Å². The third-order valence-corrected chi connectivity index (χ3v) is 4.64. The van der Waals surface area contributed by atoms with E-state index in [1.54, 1.807) is 24.7 Å². The number of hydrogen-bond donors (Lipinski definition) is 1. The van der Waals surface area contributed by atoms with E-state index in [1.807, 2.05) is 24.1 Å². The lowest BCUT2D eigenvalue weighted by molar-refractivity contribution is 0.0922. The maximum absolute atomic E-state index is 12.4. The number of nitrogens with one attached hydrogen (secondary N) is 1. The zero-order valence-corrected chi connectivity index (χ0v) is 14.7. The lowest BCUT2D eigenvalue weighted by Crippen LogP contribution is -2.36. The van der Waals surface area contributed by atoms with E-state index >= 15 is 0 Å². The predicted octanol–water partition coefficient (Wildman–Crippen LogP) is 2.61. The molecule has 1 N–H and O–H groups in total. The van der Waals surface area contributed by atoms with Crippen molar-refractivity contribution in [3.05, 3.63) is 48.0 Å². The average molecular weight is 339 g/mol. The Kier molecular flexibility index (Phi) is 5.93. The van der Waals surface area contributed by atoms with Crippen molar-refractivity contribution in [2.75, 3.05) is 18.5 Å². The van der Waals surface area contributed by atoms with Gasteiger partial charge < -0.3 is 10.2 Å². The molecule has 132 valence electrons. The molecule has 0 aromatic carbocycles. The standard InChI is InChI=1S/C19H25N5O/c1-24(14-10-15-7-11-20-12-8-15)19-21-13-9-17(23-19)18(25)22-16-5-3-2-4-6-16/h7-9,11-13,16H,2-6,10,14H2,1H3,(H,22,25). The number of amides is 1. The van der Waals surface area contributed by atoms with E-state index in [1.165, 1.54) is 24.8 Å². The number of pyridine rings is 1. The van der Waals surface area contributed by atoms with Crippen LogP contribution in [0.3, 0.4) is 0 Å². The van der Waals surface area contributed by atoms with E-state index in [9.17, 15) is 4.79 Å². The van der Waals surface area contributed by atoms with Gasteiger partial charge in [-0.05, 0) is 43.0 Å². The zero-order valence-electron chi connectivity index (χ0n) is 14.7. The number of nitrogens with zero attached hydrogens (tertiary/aromatic N) is 4. The van der Waals surface area contributed by atoms with Gasteiger partial charge in [-0.3, -0.25) is 9.78 Å². The molecule has 2 aromatic rings. The first-order valence-electron chi connectivity index (χ1n) is 8.96. The molecule has 1 amide bonds. The quantitative estimate of drug-likeness (QED) is 0.876. The normalized spacial score (nSPS) is 14.9. The number of hydrogen-bond acceptors (Lipinski definition) is 5. The Labute approximate surface area is 148 Å². The number of rotatable bonds is 6. The molecule has 3 rings (SSSR count). The van der Waals surface area contributed by atoms with E-state index in [4.69, 9.17) is 0 Å². The molecule has 2 heterocycles. The minimum Gasteiger partial charge on any atom is -0.348 e. The summed E-state index contributed by atoms with van der Waals surface area (Å²) in [5, 5.41) is 3.10. The van der Waals surface area contributed by atoms with Gasteiger partial charge in [-0.2, -0.15) is 0 Å². The first kappa shape index (κ1) is 17.3. The van der Waals surface area contributed by atoms with Crippen LogP contribution in [0.25, 0.3) is 0 Å². The lowest BCUT2D eigenvalue weighted by Gasteiger charge is -2.23. The molecular formula is C19H25N5O. The number of carbonyl (C=O) groups is 1. The fraction of sp³-hybridized carbons (Fsp3) is 0.474. The van der Waals surface area contributed by atoms with E-state index in [0.29, 0.717) is 11.6 Å². The van der Waals surface area contributed by atoms with Crippen molar-refractivity contribution in [1.29, 1.82) is 0 Å². The molecule has 0 aliphatic heterocycles. The van der Waals surface area contributed by atoms with Gasteiger partial charge in [-0.1, -0.05) is 19.3 Å². The summed E-state index contributed by atoms with van der Waals surface area (Å²) in [5.41, 5.74) is 1.65. The molecular weight excluding hydrogens is 314 g/mol. The Balaban J connectivity index is 1.58. The number of likely N-dealkylation sites (N-methyl/N-ethyl adjacent to an activating group) is 1. The van der Waals surface area contributed by atoms with Gasteiger partial charge in [0.1, 0.15) is 5.69 Å². The van der Waals surface area contributed by atoms with Gasteiger partial charge in [-0.15, -0.1) is 0 Å². The monoisotopic (exact) mass is 339 g/mol. The summed E-state index contributed by atoms with van der Waals surface area (Å²) in [7, 11) is 1.94. The fourth-order valence-corrected chi connectivity index (χ4v) is 3.11. The van der Waals surface area contributed by atoms with Gasteiger partial charge in [0, 0.05) is 38.2 Å². The molecule has 6 heteroatoms. The molecule has 0 saturated heterocycles. The minimum atomic E-state index is -0.0990. The lowest BCUT2D eigenvalue weighted by atomic mass is 9.95. The van der Waals surface area contributed by atoms with Crippen molar-refractivity contribution in [3.8, 4) is 0 Å². The second-order valence-electron chi connectivity index (χ2n) is 6.58. The molecule has 25 heavy (non-hydrogen) atoms. The van der Waals surface area contributed by atoms with Crippen LogP contribution in [-0.2, 0) is 6.42 Å².